The third-order valence-corrected chi connectivity index (χ3v) is 2.53. The predicted octanol–water partition coefficient (Wildman–Crippen LogP) is 1.10. The van der Waals surface area contributed by atoms with Gasteiger partial charge in [-0.3, -0.25) is 4.90 Å². The summed E-state index contributed by atoms with van der Waals surface area (Å²) in [6.45, 7) is 5.56. The maximum atomic E-state index is 11.8. The second-order valence-corrected chi connectivity index (χ2v) is 5.02. The molecule has 2 atom stereocenters. The maximum Gasteiger partial charge on any atom is 0.411 e. The molecule has 1 aliphatic heterocycles. The van der Waals surface area contributed by atoms with Crippen LogP contribution in [0.2, 0.25) is 0 Å². The molecule has 0 radical (unpaired) electrons. The first-order chi connectivity index (χ1) is 7.76. The van der Waals surface area contributed by atoms with E-state index in [0.717, 1.165) is 0 Å². The Balaban J connectivity index is 2.76. The van der Waals surface area contributed by atoms with Crippen molar-refractivity contribution in [1.29, 1.82) is 0 Å². The van der Waals surface area contributed by atoms with Gasteiger partial charge in [-0.25, -0.2) is 9.59 Å². The summed E-state index contributed by atoms with van der Waals surface area (Å²) >= 11 is 0. The Kier molecular flexibility index (Phi) is 3.98. The molecule has 1 heterocycles. The number of nitrogens with zero attached hydrogens (tertiary/aromatic N) is 1. The van der Waals surface area contributed by atoms with Crippen molar-refractivity contribution in [3.8, 4) is 0 Å². The Labute approximate surface area is 100 Å². The van der Waals surface area contributed by atoms with Gasteiger partial charge in [0.2, 0.25) is 0 Å². The van der Waals surface area contributed by atoms with Crippen LogP contribution in [0, 0.1) is 0 Å². The van der Waals surface area contributed by atoms with E-state index in [0.29, 0.717) is 13.0 Å². The second-order valence-electron chi connectivity index (χ2n) is 5.02. The number of likely N-dealkylation sites (tertiary alicyclic amines) is 1. The zero-order valence-corrected chi connectivity index (χ0v) is 10.6. The summed E-state index contributed by atoms with van der Waals surface area (Å²) in [7, 11) is 1.44. The van der Waals surface area contributed by atoms with Crippen molar-refractivity contribution in [3.05, 3.63) is 0 Å². The molecule has 0 aromatic heterocycles. The number of hydrogen-bond donors (Lipinski definition) is 1. The SMILES string of the molecule is CO[C@@H]1CCN(C(=O)OC(C)(C)C)[C@@H]1C(=O)O. The Bertz CT molecular complexity index is 309. The predicted molar refractivity (Wildman–Crippen MR) is 59.8 cm³/mol. The summed E-state index contributed by atoms with van der Waals surface area (Å²) in [5.74, 6) is -1.07. The van der Waals surface area contributed by atoms with Crippen molar-refractivity contribution in [2.45, 2.75) is 44.9 Å². The van der Waals surface area contributed by atoms with Crippen LogP contribution >= 0.6 is 0 Å². The Morgan fingerprint density at radius 2 is 1.94 bits per heavy atom. The lowest BCUT2D eigenvalue weighted by atomic mass is 10.2. The largest absolute Gasteiger partial charge is 0.480 e. The van der Waals surface area contributed by atoms with Crippen molar-refractivity contribution in [1.82, 2.24) is 4.90 Å². The first kappa shape index (κ1) is 13.8. The minimum atomic E-state index is -1.07. The Hall–Kier alpha value is -1.30. The van der Waals surface area contributed by atoms with E-state index in [-0.39, 0.29) is 0 Å². The first-order valence-corrected chi connectivity index (χ1v) is 5.51. The number of carbonyl (C=O) groups excluding carboxylic acids is 1. The average molecular weight is 245 g/mol. The molecule has 0 unspecified atom stereocenters. The van der Waals surface area contributed by atoms with Gasteiger partial charge >= 0.3 is 12.1 Å². The lowest BCUT2D eigenvalue weighted by molar-refractivity contribution is -0.145. The van der Waals surface area contributed by atoms with E-state index >= 15 is 0 Å². The molecule has 1 rings (SSSR count). The lowest BCUT2D eigenvalue weighted by Gasteiger charge is -2.27. The highest BCUT2D eigenvalue weighted by atomic mass is 16.6. The van der Waals surface area contributed by atoms with Crippen LogP contribution in [0.25, 0.3) is 0 Å². The number of ether oxygens (including phenoxy) is 2. The molecule has 0 aromatic carbocycles. The van der Waals surface area contributed by atoms with Crippen LogP contribution < -0.4 is 0 Å². The number of carboxylic acid groups (broad SMARTS) is 1. The molecule has 0 aromatic rings. The monoisotopic (exact) mass is 245 g/mol. The molecule has 98 valence electrons. The molecule has 6 nitrogen and oxygen atoms in total. The Morgan fingerprint density at radius 1 is 1.35 bits per heavy atom. The van der Waals surface area contributed by atoms with Crippen molar-refractivity contribution in [2.75, 3.05) is 13.7 Å². The summed E-state index contributed by atoms with van der Waals surface area (Å²) in [4.78, 5) is 24.2. The van der Waals surface area contributed by atoms with Gasteiger partial charge < -0.3 is 14.6 Å². The molecule has 17 heavy (non-hydrogen) atoms. The summed E-state index contributed by atoms with van der Waals surface area (Å²) in [6, 6.07) is -0.963. The normalized spacial score (nSPS) is 24.8. The van der Waals surface area contributed by atoms with Gasteiger partial charge in [-0.15, -0.1) is 0 Å². The molecule has 1 aliphatic rings. The first-order valence-electron chi connectivity index (χ1n) is 5.51. The van der Waals surface area contributed by atoms with Crippen LogP contribution in [0.4, 0.5) is 4.79 Å². The average Bonchev–Trinajstić information content (AvgIpc) is 2.57. The van der Waals surface area contributed by atoms with E-state index in [2.05, 4.69) is 0 Å². The number of amides is 1. The van der Waals surface area contributed by atoms with Crippen molar-refractivity contribution >= 4 is 12.1 Å². The number of methoxy groups -OCH3 is 1. The topological polar surface area (TPSA) is 76.1 Å². The zero-order chi connectivity index (χ0) is 13.2. The molecule has 1 N–H and O–H groups in total. The van der Waals surface area contributed by atoms with Gasteiger partial charge in [0.05, 0.1) is 6.10 Å². The van der Waals surface area contributed by atoms with Crippen LogP contribution in [0.15, 0.2) is 0 Å². The van der Waals surface area contributed by atoms with Crippen LogP contribution in [0.3, 0.4) is 0 Å². The van der Waals surface area contributed by atoms with E-state index in [4.69, 9.17) is 14.6 Å². The van der Waals surface area contributed by atoms with E-state index in [1.165, 1.54) is 12.0 Å². The highest BCUT2D eigenvalue weighted by Crippen LogP contribution is 2.23. The molecule has 0 spiro atoms. The summed E-state index contributed by atoms with van der Waals surface area (Å²) in [5, 5.41) is 9.10. The lowest BCUT2D eigenvalue weighted by Crippen LogP contribution is -2.47. The van der Waals surface area contributed by atoms with Gasteiger partial charge in [-0.2, -0.15) is 0 Å². The van der Waals surface area contributed by atoms with E-state index in [1.807, 2.05) is 0 Å². The van der Waals surface area contributed by atoms with Crippen LogP contribution in [0.5, 0.6) is 0 Å². The standard InChI is InChI=1S/C11H19NO5/c1-11(2,3)17-10(15)12-6-5-7(16-4)8(12)9(13)14/h7-8H,5-6H2,1-4H3,(H,13,14)/t7-,8+/m1/s1. The molecule has 0 bridgehead atoms. The van der Waals surface area contributed by atoms with Crippen molar-refractivity contribution in [3.63, 3.8) is 0 Å². The van der Waals surface area contributed by atoms with E-state index < -0.39 is 29.8 Å². The number of carbonyl (C=O) groups is 2. The molecule has 0 saturated carbocycles. The van der Waals surface area contributed by atoms with Gasteiger partial charge in [0, 0.05) is 13.7 Å². The third-order valence-electron chi connectivity index (χ3n) is 2.53. The summed E-state index contributed by atoms with van der Waals surface area (Å²) in [6.07, 6.45) is -0.573. The fraction of sp³-hybridized carbons (Fsp3) is 0.818. The third kappa shape index (κ3) is 3.33. The van der Waals surface area contributed by atoms with Crippen LogP contribution in [0.1, 0.15) is 27.2 Å². The molecule has 1 fully saturated rings. The van der Waals surface area contributed by atoms with Crippen molar-refractivity contribution < 1.29 is 24.2 Å². The molecular formula is C11H19NO5. The summed E-state index contributed by atoms with van der Waals surface area (Å²) < 4.78 is 10.2. The fourth-order valence-electron chi connectivity index (χ4n) is 1.83. The molecule has 0 aliphatic carbocycles. The zero-order valence-electron chi connectivity index (χ0n) is 10.6. The minimum absolute atomic E-state index is 0.338. The number of rotatable bonds is 2. The highest BCUT2D eigenvalue weighted by Gasteiger charge is 2.43. The van der Waals surface area contributed by atoms with Crippen LogP contribution in [-0.2, 0) is 14.3 Å². The van der Waals surface area contributed by atoms with E-state index in [1.54, 1.807) is 20.8 Å². The number of carboxylic acids is 1. The van der Waals surface area contributed by atoms with Gasteiger partial charge in [-0.05, 0) is 27.2 Å². The smallest absolute Gasteiger partial charge is 0.411 e. The molecule has 1 amide bonds. The molecule has 1 saturated heterocycles. The summed E-state index contributed by atoms with van der Waals surface area (Å²) in [5.41, 5.74) is -0.634. The maximum absolute atomic E-state index is 11.8. The molecule has 6 heteroatoms. The second kappa shape index (κ2) is 4.91. The van der Waals surface area contributed by atoms with E-state index in [9.17, 15) is 9.59 Å². The highest BCUT2D eigenvalue weighted by molar-refractivity contribution is 5.81. The molecular weight excluding hydrogens is 226 g/mol. The number of hydrogen-bond acceptors (Lipinski definition) is 4. The van der Waals surface area contributed by atoms with Crippen molar-refractivity contribution in [2.24, 2.45) is 0 Å². The van der Waals surface area contributed by atoms with Gasteiger partial charge in [0.15, 0.2) is 6.04 Å². The Morgan fingerprint density at radius 3 is 2.35 bits per heavy atom. The van der Waals surface area contributed by atoms with Gasteiger partial charge in [0.1, 0.15) is 5.60 Å². The fourth-order valence-corrected chi connectivity index (χ4v) is 1.83. The number of aliphatic carboxylic acids is 1. The minimum Gasteiger partial charge on any atom is -0.480 e. The van der Waals surface area contributed by atoms with Crippen LogP contribution in [-0.4, -0.2) is 53.5 Å². The quantitative estimate of drug-likeness (QED) is 0.788. The van der Waals surface area contributed by atoms with Gasteiger partial charge in [-0.1, -0.05) is 0 Å². The van der Waals surface area contributed by atoms with Gasteiger partial charge in [0.25, 0.3) is 0 Å².